The molecular weight excluding hydrogens is 426 g/mol. The van der Waals surface area contributed by atoms with Crippen LogP contribution >= 0.6 is 20.0 Å². The van der Waals surface area contributed by atoms with Crippen LogP contribution in [0.25, 0.3) is 0 Å². The van der Waals surface area contributed by atoms with E-state index in [1.807, 2.05) is 0 Å². The molecule has 0 aromatic rings. The molecule has 0 rings (SSSR count). The quantitative estimate of drug-likeness (QED) is 0.304. The van der Waals surface area contributed by atoms with E-state index in [0.29, 0.717) is 0 Å². The van der Waals surface area contributed by atoms with Crippen LogP contribution in [0.3, 0.4) is 0 Å². The second-order valence-electron chi connectivity index (χ2n) is 10.3. The molecule has 0 amide bonds. The summed E-state index contributed by atoms with van der Waals surface area (Å²) < 4.78 is 6.93. The standard InChI is InChI=1S/C8H18ClOSi.2C4H9.ClH.Sn/c1-7(2,3)11(9,10)8(4,5)6;2*1-4(2)3;;/h1-6H3;2*1-3H3;1H;/q-1;;;;+2/p-1. The van der Waals surface area contributed by atoms with Gasteiger partial charge in [-0.3, -0.25) is 0 Å². The molecule has 0 atom stereocenters. The summed E-state index contributed by atoms with van der Waals surface area (Å²) in [5, 5.41) is -0.138. The van der Waals surface area contributed by atoms with Gasteiger partial charge in [0, 0.05) is 0 Å². The van der Waals surface area contributed by atoms with E-state index in [4.69, 9.17) is 22.8 Å². The normalized spacial score (nSPS) is 16.3. The van der Waals surface area contributed by atoms with Crippen LogP contribution in [0, 0.1) is 0 Å². The zero-order valence-corrected chi connectivity index (χ0v) is 21.5. The van der Waals surface area contributed by atoms with E-state index in [2.05, 4.69) is 83.1 Å². The van der Waals surface area contributed by atoms with Gasteiger partial charge in [0.1, 0.15) is 0 Å². The van der Waals surface area contributed by atoms with Crippen LogP contribution in [0.15, 0.2) is 0 Å². The fourth-order valence-electron chi connectivity index (χ4n) is 3.06. The molecule has 0 saturated heterocycles. The molecule has 0 unspecified atom stereocenters. The molecule has 0 heterocycles. The molecule has 0 radical (unpaired) electrons. The third-order valence-corrected chi connectivity index (χ3v) is 38.5. The second-order valence-corrected chi connectivity index (χ2v) is 33.6. The van der Waals surface area contributed by atoms with Crippen LogP contribution in [0.5, 0.6) is 0 Å². The van der Waals surface area contributed by atoms with Crippen LogP contribution in [-0.4, -0.2) is 25.3 Å². The summed E-state index contributed by atoms with van der Waals surface area (Å²) in [5.41, 5.74) is 0. The van der Waals surface area contributed by atoms with Crippen molar-refractivity contribution in [1.29, 1.82) is 0 Å². The Morgan fingerprint density at radius 3 is 1.05 bits per heavy atom. The number of hydrogen-bond donors (Lipinski definition) is 0. The van der Waals surface area contributed by atoms with Crippen molar-refractivity contribution in [1.82, 2.24) is 0 Å². The van der Waals surface area contributed by atoms with E-state index >= 15 is 0 Å². The average Bonchev–Trinajstić information content (AvgIpc) is 2.09. The first-order valence-electron chi connectivity index (χ1n) is 7.79. The van der Waals surface area contributed by atoms with Crippen LogP contribution in [-0.2, 0) is 2.76 Å². The predicted octanol–water partition coefficient (Wildman–Crippen LogP) is 7.57. The van der Waals surface area contributed by atoms with Gasteiger partial charge in [0.25, 0.3) is 0 Å². The average molecular weight is 462 g/mol. The third kappa shape index (κ3) is 4.35. The molecule has 21 heavy (non-hydrogen) atoms. The maximum absolute atomic E-state index is 7.33. The van der Waals surface area contributed by atoms with Crippen LogP contribution in [0.2, 0.25) is 16.9 Å². The van der Waals surface area contributed by atoms with Crippen molar-refractivity contribution in [2.75, 3.05) is 0 Å². The summed E-state index contributed by atoms with van der Waals surface area (Å²) in [7, 11) is 4.75. The summed E-state index contributed by atoms with van der Waals surface area (Å²) in [6, 6.07) is 0. The monoisotopic (exact) mass is 462 g/mol. The molecule has 0 aliphatic heterocycles. The minimum atomic E-state index is -3.52. The van der Waals surface area contributed by atoms with Crippen molar-refractivity contribution in [3.8, 4) is 0 Å². The van der Waals surface area contributed by atoms with Crippen molar-refractivity contribution in [3.63, 3.8) is 0 Å². The molecule has 0 aliphatic rings. The van der Waals surface area contributed by atoms with E-state index < -0.39 is 25.3 Å². The molecule has 5 heteroatoms. The van der Waals surface area contributed by atoms with Crippen LogP contribution in [0.1, 0.15) is 83.1 Å². The Bertz CT molecular complexity index is 306. The fourth-order valence-corrected chi connectivity index (χ4v) is 32.6. The number of hydrogen-bond acceptors (Lipinski definition) is 1. The Labute approximate surface area is 147 Å². The summed E-state index contributed by atoms with van der Waals surface area (Å²) in [6.07, 6.45) is 0. The number of rotatable bonds is 2. The molecule has 0 bridgehead atoms. The third-order valence-electron chi connectivity index (χ3n) is 4.14. The van der Waals surface area contributed by atoms with Gasteiger partial charge in [-0.25, -0.2) is 0 Å². The summed E-state index contributed by atoms with van der Waals surface area (Å²) in [5.74, 6) is 0. The first kappa shape index (κ1) is 22.6. The first-order chi connectivity index (χ1) is 8.71. The van der Waals surface area contributed by atoms with Gasteiger partial charge in [0.2, 0.25) is 0 Å². The summed E-state index contributed by atoms with van der Waals surface area (Å²) >= 11 is 3.76. The van der Waals surface area contributed by atoms with Crippen LogP contribution < -0.4 is 0 Å². The van der Waals surface area contributed by atoms with Crippen molar-refractivity contribution in [2.45, 2.75) is 100 Å². The predicted molar refractivity (Wildman–Crippen MR) is 103 cm³/mol. The molecule has 0 aliphatic carbocycles. The molecule has 0 saturated carbocycles. The Morgan fingerprint density at radius 2 is 0.905 bits per heavy atom. The fraction of sp³-hybridized carbons (Fsp3) is 1.00. The molecule has 128 valence electrons. The van der Waals surface area contributed by atoms with E-state index in [1.54, 1.807) is 0 Å². The number of halogens is 2. The molecule has 0 aromatic carbocycles. The van der Waals surface area contributed by atoms with Gasteiger partial charge in [-0.05, 0) is 0 Å². The van der Waals surface area contributed by atoms with Crippen molar-refractivity contribution in [3.05, 3.63) is 0 Å². The second kappa shape index (κ2) is 6.13. The van der Waals surface area contributed by atoms with E-state index in [0.717, 1.165) is 0 Å². The van der Waals surface area contributed by atoms with Crippen molar-refractivity contribution >= 4 is 45.3 Å². The van der Waals surface area contributed by atoms with Crippen molar-refractivity contribution in [2.24, 2.45) is 0 Å². The van der Waals surface area contributed by atoms with Gasteiger partial charge in [-0.2, -0.15) is 0 Å². The zero-order chi connectivity index (χ0) is 17.7. The minimum absolute atomic E-state index is 0.0157. The van der Waals surface area contributed by atoms with Crippen molar-refractivity contribution < 1.29 is 2.76 Å². The molecule has 1 nitrogen and oxygen atoms in total. The van der Waals surface area contributed by atoms with Gasteiger partial charge in [0.15, 0.2) is 0 Å². The summed E-state index contributed by atoms with van der Waals surface area (Å²) in [4.78, 5) is 0. The van der Waals surface area contributed by atoms with E-state index in [1.165, 1.54) is 0 Å². The Morgan fingerprint density at radius 1 is 0.667 bits per heavy atom. The Kier molecular flexibility index (Phi) is 6.58. The molecule has 0 N–H and O–H groups in total. The van der Waals surface area contributed by atoms with Gasteiger partial charge in [-0.15, -0.1) is 0 Å². The summed E-state index contributed by atoms with van der Waals surface area (Å²) in [6.45, 7) is 26.5. The topological polar surface area (TPSA) is 9.23 Å². The molecular formula is C16H36Cl2OSiSn. The SMILES string of the molecule is CC(C)(C)[Si](Cl)([O][Sn]([Cl])([C](C)(C)C)[C](C)(C)C)C(C)(C)C. The van der Waals surface area contributed by atoms with E-state index in [-0.39, 0.29) is 16.9 Å². The van der Waals surface area contributed by atoms with Crippen LogP contribution in [0.4, 0.5) is 0 Å². The molecule has 0 aromatic heterocycles. The zero-order valence-electron chi connectivity index (χ0n) is 16.2. The van der Waals surface area contributed by atoms with E-state index in [9.17, 15) is 0 Å². The Balaban J connectivity index is 6.15. The first-order valence-corrected chi connectivity index (χ1v) is 18.3. The van der Waals surface area contributed by atoms with Gasteiger partial charge in [0.05, 0.1) is 0 Å². The molecule has 0 spiro atoms. The van der Waals surface area contributed by atoms with Gasteiger partial charge >= 0.3 is 148 Å². The Hall–Kier alpha value is 1.56. The molecule has 0 fully saturated rings. The maximum atomic E-state index is 7.33. The van der Waals surface area contributed by atoms with Gasteiger partial charge < -0.3 is 0 Å². The van der Waals surface area contributed by atoms with Gasteiger partial charge in [-0.1, -0.05) is 0 Å².